The molecule has 4 nitrogen and oxygen atoms in total. The SMILES string of the molecule is C=C(C(C)=O)[Si](OCC)(OCC)OCC. The summed E-state index contributed by atoms with van der Waals surface area (Å²) in [7, 11) is -3.01. The van der Waals surface area contributed by atoms with Crippen molar-refractivity contribution < 1.29 is 18.1 Å². The maximum Gasteiger partial charge on any atom is 0.540 e. The molecule has 0 bridgehead atoms. The molecule has 15 heavy (non-hydrogen) atoms. The smallest absolute Gasteiger partial charge is 0.370 e. The van der Waals surface area contributed by atoms with Crippen LogP contribution in [0, 0.1) is 0 Å². The van der Waals surface area contributed by atoms with E-state index >= 15 is 0 Å². The second-order valence-electron chi connectivity index (χ2n) is 2.89. The Hall–Kier alpha value is -0.493. The Balaban J connectivity index is 4.90. The predicted octanol–water partition coefficient (Wildman–Crippen LogP) is 1.72. The summed E-state index contributed by atoms with van der Waals surface area (Å²) in [5.41, 5.74) is 0. The second-order valence-corrected chi connectivity index (χ2v) is 5.47. The number of Topliss-reactive ketones (excluding diaryl/α,β-unsaturated/α-hetero) is 1. The summed E-state index contributed by atoms with van der Waals surface area (Å²) in [6.07, 6.45) is 0. The molecule has 0 aliphatic heterocycles. The lowest BCUT2D eigenvalue weighted by molar-refractivity contribution is -0.113. The molecule has 5 heteroatoms. The van der Waals surface area contributed by atoms with Gasteiger partial charge in [-0.05, 0) is 27.7 Å². The summed E-state index contributed by atoms with van der Waals surface area (Å²) in [5, 5.41) is 0.327. The predicted molar refractivity (Wildman–Crippen MR) is 60.5 cm³/mol. The summed E-state index contributed by atoms with van der Waals surface area (Å²) in [4.78, 5) is 11.3. The summed E-state index contributed by atoms with van der Waals surface area (Å²) in [6.45, 7) is 12.0. The number of ketones is 1. The second kappa shape index (κ2) is 6.89. The summed E-state index contributed by atoms with van der Waals surface area (Å²) >= 11 is 0. The van der Waals surface area contributed by atoms with E-state index in [0.717, 1.165) is 0 Å². The van der Waals surface area contributed by atoms with Gasteiger partial charge in [0.05, 0.1) is 5.20 Å². The molecule has 0 saturated carbocycles. The van der Waals surface area contributed by atoms with Crippen LogP contribution in [0.3, 0.4) is 0 Å². The fraction of sp³-hybridized carbons (Fsp3) is 0.700. The zero-order valence-corrected chi connectivity index (χ0v) is 11.0. The first-order valence-corrected chi connectivity index (χ1v) is 6.88. The summed E-state index contributed by atoms with van der Waals surface area (Å²) in [5.74, 6) is -0.142. The van der Waals surface area contributed by atoms with Gasteiger partial charge in [0.1, 0.15) is 0 Å². The molecule has 0 fully saturated rings. The third kappa shape index (κ3) is 3.87. The molecule has 0 aliphatic carbocycles. The number of hydrogen-bond donors (Lipinski definition) is 0. The average Bonchev–Trinajstić information content (AvgIpc) is 2.17. The van der Waals surface area contributed by atoms with Gasteiger partial charge in [0, 0.05) is 19.8 Å². The highest BCUT2D eigenvalue weighted by molar-refractivity contribution is 6.74. The van der Waals surface area contributed by atoms with Gasteiger partial charge < -0.3 is 13.3 Å². The van der Waals surface area contributed by atoms with Crippen molar-refractivity contribution in [3.63, 3.8) is 0 Å². The van der Waals surface area contributed by atoms with Crippen molar-refractivity contribution in [2.75, 3.05) is 19.8 Å². The van der Waals surface area contributed by atoms with E-state index in [9.17, 15) is 4.79 Å². The average molecular weight is 232 g/mol. The van der Waals surface area contributed by atoms with Gasteiger partial charge in [0.2, 0.25) is 0 Å². The Morgan fingerprint density at radius 1 is 1.07 bits per heavy atom. The van der Waals surface area contributed by atoms with E-state index in [4.69, 9.17) is 13.3 Å². The molecular weight excluding hydrogens is 212 g/mol. The normalized spacial score (nSPS) is 11.5. The minimum Gasteiger partial charge on any atom is -0.370 e. The molecule has 0 aromatic heterocycles. The third-order valence-electron chi connectivity index (χ3n) is 1.80. The van der Waals surface area contributed by atoms with Crippen molar-refractivity contribution in [3.8, 4) is 0 Å². The van der Waals surface area contributed by atoms with Crippen molar-refractivity contribution in [2.45, 2.75) is 27.7 Å². The van der Waals surface area contributed by atoms with Crippen molar-refractivity contribution >= 4 is 14.6 Å². The Bertz CT molecular complexity index is 210. The lowest BCUT2D eigenvalue weighted by Crippen LogP contribution is -2.49. The minimum absolute atomic E-state index is 0.142. The van der Waals surface area contributed by atoms with Crippen molar-refractivity contribution in [1.82, 2.24) is 0 Å². The standard InChI is InChI=1S/C10H20O4Si/c1-6-12-15(13-7-2,14-8-3)10(5)9(4)11/h5-8H2,1-4H3. The molecule has 0 amide bonds. The Kier molecular flexibility index (Phi) is 6.67. The molecule has 0 aliphatic rings. The van der Waals surface area contributed by atoms with Gasteiger partial charge in [-0.2, -0.15) is 0 Å². The van der Waals surface area contributed by atoms with Crippen LogP contribution in [0.1, 0.15) is 27.7 Å². The maximum absolute atomic E-state index is 11.3. The van der Waals surface area contributed by atoms with Gasteiger partial charge >= 0.3 is 8.80 Å². The molecule has 0 rings (SSSR count). The van der Waals surface area contributed by atoms with Crippen LogP contribution in [0.15, 0.2) is 11.8 Å². The molecule has 0 saturated heterocycles. The van der Waals surface area contributed by atoms with Gasteiger partial charge in [-0.25, -0.2) is 0 Å². The molecule has 0 spiro atoms. The highest BCUT2D eigenvalue weighted by Gasteiger charge is 2.46. The monoisotopic (exact) mass is 232 g/mol. The highest BCUT2D eigenvalue weighted by atomic mass is 28.4. The number of allylic oxidation sites excluding steroid dienone is 1. The molecule has 0 unspecified atom stereocenters. The maximum atomic E-state index is 11.3. The summed E-state index contributed by atoms with van der Waals surface area (Å²) in [6, 6.07) is 0. The van der Waals surface area contributed by atoms with Gasteiger partial charge in [0.25, 0.3) is 0 Å². The van der Waals surface area contributed by atoms with E-state index in [1.807, 2.05) is 20.8 Å². The zero-order valence-electron chi connectivity index (χ0n) is 9.96. The van der Waals surface area contributed by atoms with Crippen LogP contribution < -0.4 is 0 Å². The van der Waals surface area contributed by atoms with Crippen LogP contribution in [-0.2, 0) is 18.1 Å². The van der Waals surface area contributed by atoms with E-state index in [1.54, 1.807) is 0 Å². The van der Waals surface area contributed by atoms with Crippen molar-refractivity contribution in [3.05, 3.63) is 11.8 Å². The number of rotatable bonds is 8. The minimum atomic E-state index is -3.01. The topological polar surface area (TPSA) is 44.8 Å². The number of hydrogen-bond acceptors (Lipinski definition) is 4. The van der Waals surface area contributed by atoms with E-state index in [1.165, 1.54) is 6.92 Å². The Morgan fingerprint density at radius 3 is 1.60 bits per heavy atom. The van der Waals surface area contributed by atoms with E-state index in [0.29, 0.717) is 25.0 Å². The Morgan fingerprint density at radius 2 is 1.40 bits per heavy atom. The van der Waals surface area contributed by atoms with Gasteiger partial charge in [0.15, 0.2) is 5.78 Å². The first-order chi connectivity index (χ1) is 7.04. The van der Waals surface area contributed by atoms with Crippen LogP contribution in [0.5, 0.6) is 0 Å². The van der Waals surface area contributed by atoms with Crippen LogP contribution in [0.4, 0.5) is 0 Å². The zero-order chi connectivity index (χ0) is 11.9. The Labute approximate surface area is 92.6 Å². The van der Waals surface area contributed by atoms with Crippen LogP contribution in [-0.4, -0.2) is 34.4 Å². The van der Waals surface area contributed by atoms with Crippen LogP contribution >= 0.6 is 0 Å². The molecule has 0 radical (unpaired) electrons. The van der Waals surface area contributed by atoms with Crippen LogP contribution in [0.2, 0.25) is 0 Å². The fourth-order valence-corrected chi connectivity index (χ4v) is 3.52. The number of carbonyl (C=O) groups is 1. The van der Waals surface area contributed by atoms with Gasteiger partial charge in [-0.3, -0.25) is 4.79 Å². The van der Waals surface area contributed by atoms with E-state index in [2.05, 4.69) is 6.58 Å². The lowest BCUT2D eigenvalue weighted by atomic mass is 10.4. The molecule has 0 atom stereocenters. The molecule has 0 aromatic rings. The van der Waals surface area contributed by atoms with Gasteiger partial charge in [-0.1, -0.05) is 6.58 Å². The van der Waals surface area contributed by atoms with Crippen molar-refractivity contribution in [1.29, 1.82) is 0 Å². The molecule has 0 aromatic carbocycles. The lowest BCUT2D eigenvalue weighted by Gasteiger charge is -2.28. The van der Waals surface area contributed by atoms with Crippen LogP contribution in [0.25, 0.3) is 0 Å². The van der Waals surface area contributed by atoms with Crippen molar-refractivity contribution in [2.24, 2.45) is 0 Å². The van der Waals surface area contributed by atoms with E-state index in [-0.39, 0.29) is 5.78 Å². The fourth-order valence-electron chi connectivity index (χ4n) is 1.17. The molecule has 0 heterocycles. The molecular formula is C10H20O4Si. The quantitative estimate of drug-likeness (QED) is 0.472. The third-order valence-corrected chi connectivity index (χ3v) is 4.90. The van der Waals surface area contributed by atoms with E-state index < -0.39 is 8.80 Å². The number of carbonyl (C=O) groups excluding carboxylic acids is 1. The first kappa shape index (κ1) is 14.5. The first-order valence-electron chi connectivity index (χ1n) is 5.16. The summed E-state index contributed by atoms with van der Waals surface area (Å²) < 4.78 is 16.5. The highest BCUT2D eigenvalue weighted by Crippen LogP contribution is 2.19. The molecule has 0 N–H and O–H groups in total. The van der Waals surface area contributed by atoms with Gasteiger partial charge in [-0.15, -0.1) is 0 Å². The largest absolute Gasteiger partial charge is 0.540 e. The molecule has 88 valence electrons.